The van der Waals surface area contributed by atoms with Crippen LogP contribution in [0.15, 0.2) is 24.2 Å². The van der Waals surface area contributed by atoms with E-state index in [0.717, 1.165) is 31.9 Å². The van der Waals surface area contributed by atoms with E-state index in [1.54, 1.807) is 16.9 Å². The number of aromatic nitrogens is 2. The molecule has 1 aromatic heterocycles. The summed E-state index contributed by atoms with van der Waals surface area (Å²) in [5.41, 5.74) is 6.12. The monoisotopic (exact) mass is 372 g/mol. The molecule has 0 radical (unpaired) electrons. The van der Waals surface area contributed by atoms with Gasteiger partial charge in [0, 0.05) is 24.7 Å². The minimum Gasteiger partial charge on any atom is -0.403 e. The van der Waals surface area contributed by atoms with Crippen LogP contribution < -0.4 is 16.4 Å². The number of nitrogens with one attached hydrogen (secondary N) is 3. The molecule has 0 aliphatic heterocycles. The smallest absolute Gasteiger partial charge is 0.270 e. The number of rotatable bonds is 9. The Balaban J connectivity index is 1.82. The van der Waals surface area contributed by atoms with E-state index in [1.165, 1.54) is 6.20 Å². The van der Waals surface area contributed by atoms with Crippen molar-refractivity contribution in [1.29, 1.82) is 5.41 Å². The van der Waals surface area contributed by atoms with Crippen molar-refractivity contribution in [3.63, 3.8) is 0 Å². The number of allylic oxidation sites excluding steroid dienone is 1. The fraction of sp³-hybridized carbons (Fsp3) is 0.579. The molecule has 2 aliphatic carbocycles. The molecule has 1 atom stereocenters. The number of nitrogens with zero attached hydrogens (tertiary/aromatic N) is 2. The second-order valence-electron chi connectivity index (χ2n) is 7.71. The van der Waals surface area contributed by atoms with Crippen molar-refractivity contribution < 1.29 is 9.59 Å². The van der Waals surface area contributed by atoms with Crippen LogP contribution in [0.25, 0.3) is 0 Å². The van der Waals surface area contributed by atoms with Crippen molar-refractivity contribution in [3.8, 4) is 0 Å². The first-order chi connectivity index (χ1) is 13.0. The largest absolute Gasteiger partial charge is 0.403 e. The van der Waals surface area contributed by atoms with Gasteiger partial charge in [-0.3, -0.25) is 14.3 Å². The fourth-order valence-electron chi connectivity index (χ4n) is 3.69. The summed E-state index contributed by atoms with van der Waals surface area (Å²) in [6, 6.07) is 1.05. The Hall–Kier alpha value is -2.64. The quantitative estimate of drug-likeness (QED) is 0.491. The van der Waals surface area contributed by atoms with Crippen LogP contribution in [0, 0.1) is 23.2 Å². The average Bonchev–Trinajstić information content (AvgIpc) is 3.58. The van der Waals surface area contributed by atoms with Crippen LogP contribution in [0.5, 0.6) is 0 Å². The fourth-order valence-corrected chi connectivity index (χ4v) is 3.69. The molecule has 0 spiro atoms. The Morgan fingerprint density at radius 3 is 2.41 bits per heavy atom. The van der Waals surface area contributed by atoms with Crippen LogP contribution in [-0.2, 0) is 4.79 Å². The van der Waals surface area contributed by atoms with Gasteiger partial charge in [0.15, 0.2) is 0 Å². The third kappa shape index (κ3) is 4.37. The number of carbonyl (C=O) groups excluding carboxylic acids is 2. The zero-order valence-electron chi connectivity index (χ0n) is 15.8. The third-order valence-corrected chi connectivity index (χ3v) is 5.28. The standard InChI is InChI=1S/C19H28N6O2/c1-11(2)25-15(7-8-22-25)18(26)24-17(19(27)23-14(9-20)10-21)16(12-3-4-12)13-5-6-13/h7-13,16-17,20H,3-6,21H2,1-2H3,(H,23,27)(H,24,26)/b14-10+,20-9?/t17-/m0/s1. The van der Waals surface area contributed by atoms with Crippen molar-refractivity contribution in [3.05, 3.63) is 29.9 Å². The predicted molar refractivity (Wildman–Crippen MR) is 102 cm³/mol. The Bertz CT molecular complexity index is 733. The highest BCUT2D eigenvalue weighted by Gasteiger charge is 2.48. The molecular weight excluding hydrogens is 344 g/mol. The predicted octanol–water partition coefficient (Wildman–Crippen LogP) is 1.56. The summed E-state index contributed by atoms with van der Waals surface area (Å²) in [5.74, 6) is 0.431. The summed E-state index contributed by atoms with van der Waals surface area (Å²) in [4.78, 5) is 25.9. The second kappa shape index (κ2) is 7.94. The lowest BCUT2D eigenvalue weighted by Gasteiger charge is -2.27. The summed E-state index contributed by atoms with van der Waals surface area (Å²) in [6.07, 6.45) is 8.13. The molecule has 1 heterocycles. The van der Waals surface area contributed by atoms with Gasteiger partial charge in [0.25, 0.3) is 5.91 Å². The van der Waals surface area contributed by atoms with Gasteiger partial charge < -0.3 is 21.8 Å². The lowest BCUT2D eigenvalue weighted by Crippen LogP contribution is -2.52. The first kappa shape index (κ1) is 19.1. The number of amides is 2. The van der Waals surface area contributed by atoms with Crippen molar-refractivity contribution in [2.45, 2.75) is 51.6 Å². The van der Waals surface area contributed by atoms with E-state index in [1.807, 2.05) is 13.8 Å². The van der Waals surface area contributed by atoms with E-state index >= 15 is 0 Å². The summed E-state index contributed by atoms with van der Waals surface area (Å²) in [6.45, 7) is 3.90. The molecular formula is C19H28N6O2. The average molecular weight is 372 g/mol. The number of hydrogen-bond donors (Lipinski definition) is 4. The van der Waals surface area contributed by atoms with Gasteiger partial charge in [0.2, 0.25) is 5.91 Å². The Morgan fingerprint density at radius 2 is 1.93 bits per heavy atom. The molecule has 0 unspecified atom stereocenters. The van der Waals surface area contributed by atoms with Gasteiger partial charge in [0.1, 0.15) is 11.7 Å². The molecule has 0 bridgehead atoms. The molecule has 2 fully saturated rings. The molecule has 146 valence electrons. The highest BCUT2D eigenvalue weighted by Crippen LogP contribution is 2.50. The number of hydrogen-bond acceptors (Lipinski definition) is 5. The van der Waals surface area contributed by atoms with Gasteiger partial charge in [-0.05, 0) is 63.4 Å². The SMILES string of the molecule is CC(C)n1nccc1C(=O)N[C@H](C(=O)N/C(C=N)=C/N)C(C1CC1)C1CC1. The van der Waals surface area contributed by atoms with Gasteiger partial charge in [-0.15, -0.1) is 0 Å². The second-order valence-corrected chi connectivity index (χ2v) is 7.71. The third-order valence-electron chi connectivity index (χ3n) is 5.28. The minimum atomic E-state index is -0.650. The summed E-state index contributed by atoms with van der Waals surface area (Å²) in [5, 5.41) is 17.2. The van der Waals surface area contributed by atoms with Gasteiger partial charge in [-0.2, -0.15) is 5.10 Å². The molecule has 8 nitrogen and oxygen atoms in total. The molecule has 0 aromatic carbocycles. The van der Waals surface area contributed by atoms with Crippen molar-refractivity contribution in [2.24, 2.45) is 23.5 Å². The highest BCUT2D eigenvalue weighted by atomic mass is 16.2. The Labute approximate surface area is 159 Å². The van der Waals surface area contributed by atoms with Crippen LogP contribution >= 0.6 is 0 Å². The molecule has 3 rings (SSSR count). The van der Waals surface area contributed by atoms with Gasteiger partial charge in [-0.1, -0.05) is 0 Å². The molecule has 8 heteroatoms. The molecule has 2 amide bonds. The van der Waals surface area contributed by atoms with E-state index in [0.29, 0.717) is 17.5 Å². The normalized spacial score (nSPS) is 18.4. The zero-order valence-corrected chi connectivity index (χ0v) is 15.8. The van der Waals surface area contributed by atoms with Gasteiger partial charge in [0.05, 0.1) is 5.70 Å². The van der Waals surface area contributed by atoms with Crippen molar-refractivity contribution in [1.82, 2.24) is 20.4 Å². The van der Waals surface area contributed by atoms with E-state index in [2.05, 4.69) is 15.7 Å². The maximum absolute atomic E-state index is 13.0. The van der Waals surface area contributed by atoms with Gasteiger partial charge in [-0.25, -0.2) is 0 Å². The van der Waals surface area contributed by atoms with Crippen LogP contribution in [0.3, 0.4) is 0 Å². The van der Waals surface area contributed by atoms with Gasteiger partial charge >= 0.3 is 0 Å². The van der Waals surface area contributed by atoms with E-state index in [4.69, 9.17) is 11.1 Å². The van der Waals surface area contributed by atoms with E-state index in [-0.39, 0.29) is 29.5 Å². The lowest BCUT2D eigenvalue weighted by molar-refractivity contribution is -0.123. The number of nitrogens with two attached hydrogens (primary N) is 1. The molecule has 5 N–H and O–H groups in total. The molecule has 27 heavy (non-hydrogen) atoms. The lowest BCUT2D eigenvalue weighted by atomic mass is 9.88. The zero-order chi connectivity index (χ0) is 19.6. The van der Waals surface area contributed by atoms with Crippen LogP contribution in [0.4, 0.5) is 0 Å². The Kier molecular flexibility index (Phi) is 5.62. The van der Waals surface area contributed by atoms with E-state index in [9.17, 15) is 9.59 Å². The maximum atomic E-state index is 13.0. The summed E-state index contributed by atoms with van der Waals surface area (Å²) < 4.78 is 1.65. The van der Waals surface area contributed by atoms with Crippen LogP contribution in [0.2, 0.25) is 0 Å². The minimum absolute atomic E-state index is 0.0420. The molecule has 0 saturated heterocycles. The van der Waals surface area contributed by atoms with Crippen LogP contribution in [0.1, 0.15) is 56.1 Å². The first-order valence-electron chi connectivity index (χ1n) is 9.53. The Morgan fingerprint density at radius 1 is 1.30 bits per heavy atom. The van der Waals surface area contributed by atoms with Crippen molar-refractivity contribution in [2.75, 3.05) is 0 Å². The molecule has 2 aliphatic rings. The summed E-state index contributed by atoms with van der Waals surface area (Å²) in [7, 11) is 0. The van der Waals surface area contributed by atoms with Crippen molar-refractivity contribution >= 4 is 18.0 Å². The molecule has 1 aromatic rings. The molecule has 2 saturated carbocycles. The topological polar surface area (TPSA) is 126 Å². The maximum Gasteiger partial charge on any atom is 0.270 e. The van der Waals surface area contributed by atoms with E-state index < -0.39 is 6.04 Å². The number of carbonyl (C=O) groups is 2. The van der Waals surface area contributed by atoms with Crippen LogP contribution in [-0.4, -0.2) is 33.9 Å². The highest BCUT2D eigenvalue weighted by molar-refractivity contribution is 5.98. The first-order valence-corrected chi connectivity index (χ1v) is 9.53. The summed E-state index contributed by atoms with van der Waals surface area (Å²) >= 11 is 0.